The normalized spacial score (nSPS) is 41.0. The standard InChI is InChI=1S/C6H13O9P/c7-3-2(1-14-16(11,12)13)15-6(10)5(9)4(3)8/h2-10H,1H2,(H2,11,12,13)/t2-,3+,4-,5-,6+/m1/s1. The van der Waals surface area contributed by atoms with Crippen molar-refractivity contribution < 1.29 is 44.0 Å². The summed E-state index contributed by atoms with van der Waals surface area (Å²) in [4.78, 5) is 16.8. The number of aliphatic hydroxyl groups is 4. The maximum Gasteiger partial charge on any atom is 0.469 e. The number of aliphatic hydroxyl groups excluding tert-OH is 4. The molecule has 0 aromatic carbocycles. The zero-order valence-electron chi connectivity index (χ0n) is 7.95. The van der Waals surface area contributed by atoms with Crippen LogP contribution < -0.4 is 0 Å². The van der Waals surface area contributed by atoms with Crippen molar-refractivity contribution in [2.45, 2.75) is 30.7 Å². The molecule has 1 heterocycles. The van der Waals surface area contributed by atoms with Gasteiger partial charge in [0.1, 0.15) is 24.4 Å². The van der Waals surface area contributed by atoms with Crippen LogP contribution in [-0.4, -0.2) is 67.5 Å². The lowest BCUT2D eigenvalue weighted by Crippen LogP contribution is -2.58. The van der Waals surface area contributed by atoms with Crippen molar-refractivity contribution in [3.63, 3.8) is 0 Å². The number of hydrogen-bond acceptors (Lipinski definition) is 7. The summed E-state index contributed by atoms with van der Waals surface area (Å²) in [6.07, 6.45) is -8.11. The van der Waals surface area contributed by atoms with E-state index in [1.807, 2.05) is 0 Å². The molecule has 0 spiro atoms. The Kier molecular flexibility index (Phi) is 4.41. The van der Waals surface area contributed by atoms with Crippen LogP contribution in [0, 0.1) is 0 Å². The fraction of sp³-hybridized carbons (Fsp3) is 1.00. The molecule has 16 heavy (non-hydrogen) atoms. The zero-order chi connectivity index (χ0) is 12.5. The van der Waals surface area contributed by atoms with Crippen molar-refractivity contribution >= 4 is 7.82 Å². The molecule has 0 saturated carbocycles. The second-order valence-corrected chi connectivity index (χ2v) is 4.56. The van der Waals surface area contributed by atoms with Gasteiger partial charge in [-0.25, -0.2) is 4.57 Å². The Morgan fingerprint density at radius 3 is 2.12 bits per heavy atom. The summed E-state index contributed by atoms with van der Waals surface area (Å²) >= 11 is 0. The molecule has 0 aromatic rings. The first kappa shape index (κ1) is 14.0. The summed E-state index contributed by atoms with van der Waals surface area (Å²) in [7, 11) is -4.73. The monoisotopic (exact) mass is 260 g/mol. The second-order valence-electron chi connectivity index (χ2n) is 3.32. The van der Waals surface area contributed by atoms with Crippen LogP contribution in [0.2, 0.25) is 0 Å². The Bertz CT molecular complexity index is 277. The summed E-state index contributed by atoms with van der Waals surface area (Å²) in [6.45, 7) is -0.730. The van der Waals surface area contributed by atoms with E-state index in [1.54, 1.807) is 0 Å². The smallest absolute Gasteiger partial charge is 0.387 e. The molecular formula is C6H13O9P. The molecule has 1 aliphatic rings. The highest BCUT2D eigenvalue weighted by atomic mass is 31.2. The number of rotatable bonds is 3. The predicted octanol–water partition coefficient (Wildman–Crippen LogP) is -3.10. The van der Waals surface area contributed by atoms with Crippen molar-refractivity contribution in [3.05, 3.63) is 0 Å². The van der Waals surface area contributed by atoms with Crippen LogP contribution >= 0.6 is 7.82 Å². The molecule has 1 fully saturated rings. The Morgan fingerprint density at radius 2 is 1.62 bits per heavy atom. The number of phosphoric acid groups is 1. The SMILES string of the molecule is O=P(O)(O)OC[C@H]1O[C@H](O)[C@H](O)[C@H](O)[C@H]1O. The van der Waals surface area contributed by atoms with Crippen molar-refractivity contribution in [2.24, 2.45) is 0 Å². The van der Waals surface area contributed by atoms with Crippen molar-refractivity contribution in [1.29, 1.82) is 0 Å². The summed E-state index contributed by atoms with van der Waals surface area (Å²) < 4.78 is 19.0. The maximum absolute atomic E-state index is 10.4. The van der Waals surface area contributed by atoms with Crippen molar-refractivity contribution in [2.75, 3.05) is 6.61 Å². The lowest BCUT2D eigenvalue weighted by atomic mass is 10.00. The van der Waals surface area contributed by atoms with Gasteiger partial charge in [0.15, 0.2) is 6.29 Å². The molecule has 5 atom stereocenters. The molecule has 10 heteroatoms. The molecule has 0 unspecified atom stereocenters. The van der Waals surface area contributed by atoms with Gasteiger partial charge in [0, 0.05) is 0 Å². The van der Waals surface area contributed by atoms with Gasteiger partial charge < -0.3 is 34.9 Å². The highest BCUT2D eigenvalue weighted by Gasteiger charge is 2.43. The van der Waals surface area contributed by atoms with Gasteiger partial charge in [-0.05, 0) is 0 Å². The quantitative estimate of drug-likeness (QED) is 0.289. The lowest BCUT2D eigenvalue weighted by molar-refractivity contribution is -0.285. The van der Waals surface area contributed by atoms with Gasteiger partial charge >= 0.3 is 7.82 Å². The van der Waals surface area contributed by atoms with Crippen molar-refractivity contribution in [1.82, 2.24) is 0 Å². The number of phosphoric ester groups is 1. The average Bonchev–Trinajstić information content (AvgIpc) is 2.17. The molecule has 0 amide bonds. The van der Waals surface area contributed by atoms with E-state index in [4.69, 9.17) is 20.0 Å². The van der Waals surface area contributed by atoms with E-state index < -0.39 is 45.1 Å². The van der Waals surface area contributed by atoms with Crippen LogP contribution in [0.4, 0.5) is 0 Å². The molecule has 9 nitrogen and oxygen atoms in total. The molecule has 96 valence electrons. The minimum absolute atomic E-state index is 0.730. The van der Waals surface area contributed by atoms with Gasteiger partial charge in [-0.2, -0.15) is 0 Å². The molecule has 1 aliphatic heterocycles. The average molecular weight is 260 g/mol. The second kappa shape index (κ2) is 5.05. The molecule has 6 N–H and O–H groups in total. The highest BCUT2D eigenvalue weighted by Crippen LogP contribution is 2.36. The topological polar surface area (TPSA) is 157 Å². The van der Waals surface area contributed by atoms with Crippen LogP contribution in [0.1, 0.15) is 0 Å². The zero-order valence-corrected chi connectivity index (χ0v) is 8.84. The molecule has 0 radical (unpaired) electrons. The van der Waals surface area contributed by atoms with E-state index in [-0.39, 0.29) is 0 Å². The maximum atomic E-state index is 10.4. The van der Waals surface area contributed by atoms with Gasteiger partial charge in [-0.3, -0.25) is 4.52 Å². The lowest BCUT2D eigenvalue weighted by Gasteiger charge is -2.38. The molecule has 0 bridgehead atoms. The van der Waals surface area contributed by atoms with E-state index in [9.17, 15) is 14.8 Å². The van der Waals surface area contributed by atoms with E-state index in [0.717, 1.165) is 0 Å². The third-order valence-electron chi connectivity index (χ3n) is 2.09. The third kappa shape index (κ3) is 3.45. The van der Waals surface area contributed by atoms with Gasteiger partial charge in [-0.1, -0.05) is 0 Å². The molecule has 0 aliphatic carbocycles. The highest BCUT2D eigenvalue weighted by molar-refractivity contribution is 7.46. The fourth-order valence-electron chi connectivity index (χ4n) is 1.24. The van der Waals surface area contributed by atoms with Gasteiger partial charge in [0.2, 0.25) is 0 Å². The van der Waals surface area contributed by atoms with E-state index in [2.05, 4.69) is 9.26 Å². The summed E-state index contributed by atoms with van der Waals surface area (Å²) in [5, 5.41) is 36.7. The van der Waals surface area contributed by atoms with Crippen LogP contribution in [0.3, 0.4) is 0 Å². The first-order chi connectivity index (χ1) is 7.22. The Hall–Kier alpha value is -0.0900. The minimum Gasteiger partial charge on any atom is -0.387 e. The van der Waals surface area contributed by atoms with Crippen molar-refractivity contribution in [3.8, 4) is 0 Å². The summed E-state index contributed by atoms with van der Waals surface area (Å²) in [5.41, 5.74) is 0. The van der Waals surface area contributed by atoms with Gasteiger partial charge in [0.25, 0.3) is 0 Å². The Morgan fingerprint density at radius 1 is 1.06 bits per heavy atom. The Balaban J connectivity index is 2.57. The van der Waals surface area contributed by atoms with Crippen LogP contribution in [0.15, 0.2) is 0 Å². The fourth-order valence-corrected chi connectivity index (χ4v) is 1.58. The Labute approximate surface area is 90.1 Å². The third-order valence-corrected chi connectivity index (χ3v) is 2.58. The molecular weight excluding hydrogens is 247 g/mol. The van der Waals surface area contributed by atoms with E-state index in [1.165, 1.54) is 0 Å². The molecule has 1 saturated heterocycles. The minimum atomic E-state index is -4.73. The van der Waals surface area contributed by atoms with Crippen LogP contribution in [-0.2, 0) is 13.8 Å². The van der Waals surface area contributed by atoms with Gasteiger partial charge in [0.05, 0.1) is 6.61 Å². The summed E-state index contributed by atoms with van der Waals surface area (Å²) in [6, 6.07) is 0. The summed E-state index contributed by atoms with van der Waals surface area (Å²) in [5.74, 6) is 0. The molecule has 0 aromatic heterocycles. The van der Waals surface area contributed by atoms with Crippen LogP contribution in [0.25, 0.3) is 0 Å². The predicted molar refractivity (Wildman–Crippen MR) is 46.9 cm³/mol. The van der Waals surface area contributed by atoms with Gasteiger partial charge in [-0.15, -0.1) is 0 Å². The van der Waals surface area contributed by atoms with E-state index in [0.29, 0.717) is 0 Å². The number of hydrogen-bond donors (Lipinski definition) is 6. The van der Waals surface area contributed by atoms with Crippen LogP contribution in [0.5, 0.6) is 0 Å². The molecule has 1 rings (SSSR count). The van der Waals surface area contributed by atoms with E-state index >= 15 is 0 Å². The first-order valence-electron chi connectivity index (χ1n) is 4.30. The first-order valence-corrected chi connectivity index (χ1v) is 5.83. The largest absolute Gasteiger partial charge is 0.469 e. The number of ether oxygens (including phenoxy) is 1.